The zero-order valence-corrected chi connectivity index (χ0v) is 10.8. The summed E-state index contributed by atoms with van der Waals surface area (Å²) in [4.78, 5) is 13.5. The van der Waals surface area contributed by atoms with Crippen LogP contribution in [0.25, 0.3) is 0 Å². The number of nitrogens with zero attached hydrogens (tertiary/aromatic N) is 1. The van der Waals surface area contributed by atoms with Gasteiger partial charge < -0.3 is 15.4 Å². The number of piperidine rings is 1. The van der Waals surface area contributed by atoms with E-state index in [-0.39, 0.29) is 11.8 Å². The SMILES string of the molecule is CCOc1ccccc1N1CCCC(C(N)=O)C1. The molecule has 98 valence electrons. The maximum atomic E-state index is 11.3. The second-order valence-corrected chi connectivity index (χ2v) is 4.59. The predicted molar refractivity (Wildman–Crippen MR) is 71.7 cm³/mol. The summed E-state index contributed by atoms with van der Waals surface area (Å²) in [5.74, 6) is 0.632. The Labute approximate surface area is 108 Å². The van der Waals surface area contributed by atoms with Crippen molar-refractivity contribution in [1.82, 2.24) is 0 Å². The van der Waals surface area contributed by atoms with Crippen LogP contribution in [0, 0.1) is 5.92 Å². The van der Waals surface area contributed by atoms with Gasteiger partial charge >= 0.3 is 0 Å². The van der Waals surface area contributed by atoms with Crippen molar-refractivity contribution in [2.24, 2.45) is 11.7 Å². The molecular weight excluding hydrogens is 228 g/mol. The van der Waals surface area contributed by atoms with E-state index in [2.05, 4.69) is 4.90 Å². The van der Waals surface area contributed by atoms with Crippen molar-refractivity contribution in [1.29, 1.82) is 0 Å². The summed E-state index contributed by atoms with van der Waals surface area (Å²) >= 11 is 0. The number of hydrogen-bond acceptors (Lipinski definition) is 3. The van der Waals surface area contributed by atoms with Gasteiger partial charge in [0.25, 0.3) is 0 Å². The molecule has 1 amide bonds. The number of anilines is 1. The highest BCUT2D eigenvalue weighted by molar-refractivity contribution is 5.78. The van der Waals surface area contributed by atoms with E-state index in [4.69, 9.17) is 10.5 Å². The average molecular weight is 248 g/mol. The van der Waals surface area contributed by atoms with Crippen LogP contribution in [-0.2, 0) is 4.79 Å². The van der Waals surface area contributed by atoms with Gasteiger partial charge in [0, 0.05) is 13.1 Å². The summed E-state index contributed by atoms with van der Waals surface area (Å²) in [6.45, 7) is 4.26. The number of carbonyl (C=O) groups excluding carboxylic acids is 1. The number of amides is 1. The van der Waals surface area contributed by atoms with E-state index in [1.807, 2.05) is 31.2 Å². The van der Waals surface area contributed by atoms with Crippen molar-refractivity contribution >= 4 is 11.6 Å². The third-order valence-electron chi connectivity index (χ3n) is 3.33. The van der Waals surface area contributed by atoms with Crippen LogP contribution in [0.15, 0.2) is 24.3 Å². The summed E-state index contributed by atoms with van der Waals surface area (Å²) in [5.41, 5.74) is 6.47. The zero-order valence-electron chi connectivity index (χ0n) is 10.8. The van der Waals surface area contributed by atoms with Gasteiger partial charge in [-0.3, -0.25) is 4.79 Å². The largest absolute Gasteiger partial charge is 0.492 e. The third kappa shape index (κ3) is 2.75. The molecule has 18 heavy (non-hydrogen) atoms. The lowest BCUT2D eigenvalue weighted by Crippen LogP contribution is -2.41. The molecule has 0 aromatic heterocycles. The average Bonchev–Trinajstić information content (AvgIpc) is 2.40. The molecule has 1 saturated heterocycles. The second kappa shape index (κ2) is 5.76. The van der Waals surface area contributed by atoms with Gasteiger partial charge in [0.2, 0.25) is 5.91 Å². The molecular formula is C14H20N2O2. The highest BCUT2D eigenvalue weighted by Gasteiger charge is 2.25. The highest BCUT2D eigenvalue weighted by atomic mass is 16.5. The molecule has 1 atom stereocenters. The first-order valence-corrected chi connectivity index (χ1v) is 6.48. The molecule has 1 aliphatic heterocycles. The Bertz CT molecular complexity index is 420. The summed E-state index contributed by atoms with van der Waals surface area (Å²) in [6, 6.07) is 7.96. The molecule has 2 rings (SSSR count). The van der Waals surface area contributed by atoms with E-state index in [0.29, 0.717) is 13.2 Å². The number of carbonyl (C=O) groups is 1. The molecule has 1 aromatic carbocycles. The molecule has 1 aromatic rings. The number of benzene rings is 1. The Hall–Kier alpha value is -1.71. The van der Waals surface area contributed by atoms with Crippen LogP contribution in [0.2, 0.25) is 0 Å². The molecule has 0 radical (unpaired) electrons. The van der Waals surface area contributed by atoms with Crippen LogP contribution >= 0.6 is 0 Å². The zero-order chi connectivity index (χ0) is 13.0. The Morgan fingerprint density at radius 3 is 3.00 bits per heavy atom. The van der Waals surface area contributed by atoms with E-state index in [9.17, 15) is 4.79 Å². The minimum Gasteiger partial charge on any atom is -0.492 e. The fourth-order valence-electron chi connectivity index (χ4n) is 2.42. The van der Waals surface area contributed by atoms with E-state index in [0.717, 1.165) is 30.8 Å². The molecule has 1 heterocycles. The fourth-order valence-corrected chi connectivity index (χ4v) is 2.42. The smallest absolute Gasteiger partial charge is 0.222 e. The van der Waals surface area contributed by atoms with E-state index in [1.165, 1.54) is 0 Å². The molecule has 0 aliphatic carbocycles. The third-order valence-corrected chi connectivity index (χ3v) is 3.33. The monoisotopic (exact) mass is 248 g/mol. The van der Waals surface area contributed by atoms with Gasteiger partial charge in [-0.05, 0) is 31.9 Å². The molecule has 0 bridgehead atoms. The van der Waals surface area contributed by atoms with Crippen LogP contribution in [0.5, 0.6) is 5.75 Å². The summed E-state index contributed by atoms with van der Waals surface area (Å²) in [6.07, 6.45) is 1.89. The first-order valence-electron chi connectivity index (χ1n) is 6.48. The van der Waals surface area contributed by atoms with Gasteiger partial charge in [0.15, 0.2) is 0 Å². The van der Waals surface area contributed by atoms with Crippen LogP contribution in [0.3, 0.4) is 0 Å². The minimum absolute atomic E-state index is 0.0477. The van der Waals surface area contributed by atoms with Crippen LogP contribution in [0.4, 0.5) is 5.69 Å². The Kier molecular flexibility index (Phi) is 4.07. The molecule has 4 nitrogen and oxygen atoms in total. The number of nitrogens with two attached hydrogens (primary N) is 1. The quantitative estimate of drug-likeness (QED) is 0.883. The number of para-hydroxylation sites is 2. The highest BCUT2D eigenvalue weighted by Crippen LogP contribution is 2.31. The maximum Gasteiger partial charge on any atom is 0.222 e. The van der Waals surface area contributed by atoms with Gasteiger partial charge in [-0.1, -0.05) is 12.1 Å². The standard InChI is InChI=1S/C14H20N2O2/c1-2-18-13-8-4-3-7-12(13)16-9-5-6-11(10-16)14(15)17/h3-4,7-8,11H,2,5-6,9-10H2,1H3,(H2,15,17). The second-order valence-electron chi connectivity index (χ2n) is 4.59. The Morgan fingerprint density at radius 2 is 2.28 bits per heavy atom. The molecule has 0 saturated carbocycles. The lowest BCUT2D eigenvalue weighted by molar-refractivity contribution is -0.122. The van der Waals surface area contributed by atoms with Gasteiger partial charge in [0.1, 0.15) is 5.75 Å². The van der Waals surface area contributed by atoms with Crippen LogP contribution in [-0.4, -0.2) is 25.6 Å². The molecule has 4 heteroatoms. The molecule has 1 aliphatic rings. The molecule has 1 unspecified atom stereocenters. The van der Waals surface area contributed by atoms with Crippen molar-refractivity contribution in [3.63, 3.8) is 0 Å². The molecule has 0 spiro atoms. The van der Waals surface area contributed by atoms with Crippen molar-refractivity contribution < 1.29 is 9.53 Å². The number of rotatable bonds is 4. The van der Waals surface area contributed by atoms with Gasteiger partial charge in [0.05, 0.1) is 18.2 Å². The van der Waals surface area contributed by atoms with Crippen molar-refractivity contribution in [3.8, 4) is 5.75 Å². The van der Waals surface area contributed by atoms with Gasteiger partial charge in [-0.25, -0.2) is 0 Å². The predicted octanol–water partition coefficient (Wildman–Crippen LogP) is 1.79. The summed E-state index contributed by atoms with van der Waals surface area (Å²) in [7, 11) is 0. The van der Waals surface area contributed by atoms with E-state index < -0.39 is 0 Å². The van der Waals surface area contributed by atoms with E-state index in [1.54, 1.807) is 0 Å². The fraction of sp³-hybridized carbons (Fsp3) is 0.500. The lowest BCUT2D eigenvalue weighted by atomic mass is 9.97. The van der Waals surface area contributed by atoms with Crippen LogP contribution < -0.4 is 15.4 Å². The number of hydrogen-bond donors (Lipinski definition) is 1. The molecule has 1 fully saturated rings. The topological polar surface area (TPSA) is 55.6 Å². The van der Waals surface area contributed by atoms with E-state index >= 15 is 0 Å². The maximum absolute atomic E-state index is 11.3. The van der Waals surface area contributed by atoms with Crippen molar-refractivity contribution in [2.45, 2.75) is 19.8 Å². The van der Waals surface area contributed by atoms with Gasteiger partial charge in [-0.15, -0.1) is 0 Å². The normalized spacial score (nSPS) is 19.6. The first kappa shape index (κ1) is 12.7. The lowest BCUT2D eigenvalue weighted by Gasteiger charge is -2.33. The molecule has 2 N–H and O–H groups in total. The number of ether oxygens (including phenoxy) is 1. The van der Waals surface area contributed by atoms with Crippen molar-refractivity contribution in [3.05, 3.63) is 24.3 Å². The minimum atomic E-state index is -0.200. The van der Waals surface area contributed by atoms with Crippen molar-refractivity contribution in [2.75, 3.05) is 24.6 Å². The summed E-state index contributed by atoms with van der Waals surface area (Å²) < 4.78 is 5.63. The first-order chi connectivity index (χ1) is 8.72. The Balaban J connectivity index is 2.17. The Morgan fingerprint density at radius 1 is 1.50 bits per heavy atom. The van der Waals surface area contributed by atoms with Crippen LogP contribution in [0.1, 0.15) is 19.8 Å². The summed E-state index contributed by atoms with van der Waals surface area (Å²) in [5, 5.41) is 0. The number of primary amides is 1. The van der Waals surface area contributed by atoms with Gasteiger partial charge in [-0.2, -0.15) is 0 Å².